The molecule has 24 heavy (non-hydrogen) atoms. The zero-order valence-electron chi connectivity index (χ0n) is 13.5. The molecule has 2 aromatic rings. The number of hydrogen-bond donors (Lipinski definition) is 0. The van der Waals surface area contributed by atoms with Crippen LogP contribution in [0.15, 0.2) is 48.2 Å². The number of rotatable bonds is 4. The van der Waals surface area contributed by atoms with E-state index >= 15 is 0 Å². The highest BCUT2D eigenvalue weighted by Crippen LogP contribution is 2.33. The lowest BCUT2D eigenvalue weighted by atomic mass is 10.2. The summed E-state index contributed by atoms with van der Waals surface area (Å²) in [5.74, 6) is -0.265. The van der Waals surface area contributed by atoms with Crippen LogP contribution in [0, 0.1) is 13.8 Å². The predicted molar refractivity (Wildman–Crippen MR) is 95.9 cm³/mol. The van der Waals surface area contributed by atoms with Crippen LogP contribution in [0.5, 0.6) is 0 Å². The molecule has 1 saturated heterocycles. The molecule has 5 nitrogen and oxygen atoms in total. The fraction of sp³-hybridized carbons (Fsp3) is 0.167. The second kappa shape index (κ2) is 6.49. The lowest BCUT2D eigenvalue weighted by Gasteiger charge is -2.09. The fourth-order valence-electron chi connectivity index (χ4n) is 2.75. The van der Waals surface area contributed by atoms with Crippen LogP contribution < -0.4 is 0 Å². The Labute approximate surface area is 144 Å². The summed E-state index contributed by atoms with van der Waals surface area (Å²) in [6.07, 6.45) is 6.83. The molecule has 0 atom stereocenters. The molecule has 3 rings (SSSR count). The summed E-state index contributed by atoms with van der Waals surface area (Å²) < 4.78 is 2.10. The minimum absolute atomic E-state index is 0.234. The number of hydrogen-bond acceptors (Lipinski definition) is 4. The first-order chi connectivity index (χ1) is 11.5. The van der Waals surface area contributed by atoms with Gasteiger partial charge in [0.05, 0.1) is 4.91 Å². The normalized spacial score (nSPS) is 16.2. The van der Waals surface area contributed by atoms with Crippen LogP contribution in [0.4, 0.5) is 4.79 Å². The Morgan fingerprint density at radius 2 is 1.96 bits per heavy atom. The fourth-order valence-corrected chi connectivity index (χ4v) is 3.59. The number of carbonyl (C=O) groups excluding carboxylic acids is 2. The predicted octanol–water partition coefficient (Wildman–Crippen LogP) is 3.71. The molecule has 122 valence electrons. The average Bonchev–Trinajstić information content (AvgIpc) is 2.99. The molecule has 0 unspecified atom stereocenters. The van der Waals surface area contributed by atoms with Gasteiger partial charge in [0.1, 0.15) is 0 Å². The highest BCUT2D eigenvalue weighted by Gasteiger charge is 2.34. The molecule has 3 heterocycles. The summed E-state index contributed by atoms with van der Waals surface area (Å²) in [5, 5.41) is -0.255. The Hall–Kier alpha value is -2.60. The lowest BCUT2D eigenvalue weighted by molar-refractivity contribution is -0.122. The van der Waals surface area contributed by atoms with E-state index < -0.39 is 0 Å². The molecule has 2 amide bonds. The summed E-state index contributed by atoms with van der Waals surface area (Å²) in [6, 6.07) is 5.88. The summed E-state index contributed by atoms with van der Waals surface area (Å²) in [7, 11) is 0. The SMILES string of the molecule is C=CCN1C(=O)S/C(=C/c2cc(C)n(-c3ccncc3)c2C)C1=O. The van der Waals surface area contributed by atoms with Crippen LogP contribution in [0.3, 0.4) is 0 Å². The molecule has 0 saturated carbocycles. The van der Waals surface area contributed by atoms with Crippen molar-refractivity contribution in [3.63, 3.8) is 0 Å². The number of aryl methyl sites for hydroxylation is 1. The van der Waals surface area contributed by atoms with Crippen molar-refractivity contribution < 1.29 is 9.59 Å². The van der Waals surface area contributed by atoms with Gasteiger partial charge >= 0.3 is 0 Å². The van der Waals surface area contributed by atoms with Gasteiger partial charge in [-0.1, -0.05) is 6.08 Å². The van der Waals surface area contributed by atoms with Crippen molar-refractivity contribution in [2.24, 2.45) is 0 Å². The standard InChI is InChI=1S/C18H17N3O2S/c1-4-9-20-17(22)16(24-18(20)23)11-14-10-12(2)21(13(14)3)15-5-7-19-8-6-15/h4-8,10-11H,1,9H2,2-3H3/b16-11+. The van der Waals surface area contributed by atoms with Gasteiger partial charge < -0.3 is 4.57 Å². The van der Waals surface area contributed by atoms with Gasteiger partial charge in [-0.2, -0.15) is 0 Å². The number of imide groups is 1. The van der Waals surface area contributed by atoms with E-state index in [0.717, 1.165) is 34.4 Å². The van der Waals surface area contributed by atoms with Gasteiger partial charge in [-0.15, -0.1) is 6.58 Å². The van der Waals surface area contributed by atoms with Gasteiger partial charge in [-0.05, 0) is 55.4 Å². The van der Waals surface area contributed by atoms with Crippen molar-refractivity contribution in [2.75, 3.05) is 6.54 Å². The Bertz CT molecular complexity index is 853. The Morgan fingerprint density at radius 3 is 2.62 bits per heavy atom. The zero-order valence-corrected chi connectivity index (χ0v) is 14.3. The van der Waals surface area contributed by atoms with Crippen LogP contribution in [0.2, 0.25) is 0 Å². The molecule has 2 aromatic heterocycles. The maximum Gasteiger partial charge on any atom is 0.293 e. The van der Waals surface area contributed by atoms with E-state index in [2.05, 4.69) is 16.1 Å². The van der Waals surface area contributed by atoms with E-state index in [1.54, 1.807) is 24.5 Å². The smallest absolute Gasteiger partial charge is 0.293 e. The first kappa shape index (κ1) is 16.3. The first-order valence-corrected chi connectivity index (χ1v) is 8.30. The molecule has 0 aliphatic carbocycles. The lowest BCUT2D eigenvalue weighted by Crippen LogP contribution is -2.27. The maximum atomic E-state index is 12.3. The van der Waals surface area contributed by atoms with Gasteiger partial charge in [-0.3, -0.25) is 19.5 Å². The quantitative estimate of drug-likeness (QED) is 0.629. The number of aromatic nitrogens is 2. The third-order valence-corrected chi connectivity index (χ3v) is 4.77. The molecule has 1 fully saturated rings. The van der Waals surface area contributed by atoms with Crippen LogP contribution in [0.1, 0.15) is 17.0 Å². The third-order valence-electron chi connectivity index (χ3n) is 3.86. The van der Waals surface area contributed by atoms with E-state index in [9.17, 15) is 9.59 Å². The third kappa shape index (κ3) is 2.80. The van der Waals surface area contributed by atoms with Gasteiger partial charge in [0.2, 0.25) is 0 Å². The average molecular weight is 339 g/mol. The molecule has 0 aromatic carbocycles. The van der Waals surface area contributed by atoms with Gasteiger partial charge in [0.15, 0.2) is 0 Å². The molecular weight excluding hydrogens is 322 g/mol. The summed E-state index contributed by atoms with van der Waals surface area (Å²) in [5.41, 5.74) is 4.00. The van der Waals surface area contributed by atoms with Crippen LogP contribution >= 0.6 is 11.8 Å². The van der Waals surface area contributed by atoms with E-state index in [1.807, 2.05) is 32.0 Å². The van der Waals surface area contributed by atoms with Crippen molar-refractivity contribution in [1.29, 1.82) is 0 Å². The Kier molecular flexibility index (Phi) is 4.40. The largest absolute Gasteiger partial charge is 0.318 e. The van der Waals surface area contributed by atoms with Crippen molar-refractivity contribution in [2.45, 2.75) is 13.8 Å². The van der Waals surface area contributed by atoms with Crippen LogP contribution in [-0.2, 0) is 4.79 Å². The second-order valence-electron chi connectivity index (χ2n) is 5.45. The van der Waals surface area contributed by atoms with E-state index in [-0.39, 0.29) is 17.7 Å². The van der Waals surface area contributed by atoms with Crippen molar-refractivity contribution >= 4 is 29.0 Å². The summed E-state index contributed by atoms with van der Waals surface area (Å²) in [6.45, 7) is 7.82. The number of thioether (sulfide) groups is 1. The summed E-state index contributed by atoms with van der Waals surface area (Å²) >= 11 is 0.968. The van der Waals surface area contributed by atoms with Gasteiger partial charge in [0, 0.05) is 36.0 Å². The molecule has 0 N–H and O–H groups in total. The molecular formula is C18H17N3O2S. The molecule has 0 radical (unpaired) electrons. The first-order valence-electron chi connectivity index (χ1n) is 7.48. The minimum Gasteiger partial charge on any atom is -0.318 e. The van der Waals surface area contributed by atoms with Crippen LogP contribution in [0.25, 0.3) is 11.8 Å². The molecule has 1 aliphatic heterocycles. The van der Waals surface area contributed by atoms with E-state index in [1.165, 1.54) is 4.90 Å². The maximum absolute atomic E-state index is 12.3. The highest BCUT2D eigenvalue weighted by atomic mass is 32.2. The second-order valence-corrected chi connectivity index (χ2v) is 6.44. The topological polar surface area (TPSA) is 55.2 Å². The van der Waals surface area contributed by atoms with Crippen molar-refractivity contribution in [3.8, 4) is 5.69 Å². The molecule has 6 heteroatoms. The molecule has 0 spiro atoms. The van der Waals surface area contributed by atoms with Crippen molar-refractivity contribution in [1.82, 2.24) is 14.5 Å². The zero-order chi connectivity index (χ0) is 17.3. The van der Waals surface area contributed by atoms with Gasteiger partial charge in [-0.25, -0.2) is 0 Å². The van der Waals surface area contributed by atoms with Crippen LogP contribution in [-0.4, -0.2) is 32.1 Å². The number of amides is 2. The van der Waals surface area contributed by atoms with E-state index in [0.29, 0.717) is 4.91 Å². The van der Waals surface area contributed by atoms with Gasteiger partial charge in [0.25, 0.3) is 11.1 Å². The molecule has 0 bridgehead atoms. The monoisotopic (exact) mass is 339 g/mol. The summed E-state index contributed by atoms with van der Waals surface area (Å²) in [4.78, 5) is 29.9. The Morgan fingerprint density at radius 1 is 1.25 bits per heavy atom. The Balaban J connectivity index is 1.99. The highest BCUT2D eigenvalue weighted by molar-refractivity contribution is 8.18. The van der Waals surface area contributed by atoms with Crippen molar-refractivity contribution in [3.05, 3.63) is 65.1 Å². The number of pyridine rings is 1. The van der Waals surface area contributed by atoms with E-state index in [4.69, 9.17) is 0 Å². The minimum atomic E-state index is -0.265. The number of carbonyl (C=O) groups is 2. The number of nitrogens with zero attached hydrogens (tertiary/aromatic N) is 3. The molecule has 1 aliphatic rings.